The van der Waals surface area contributed by atoms with Crippen LogP contribution in [-0.2, 0) is 9.59 Å². The third kappa shape index (κ3) is 5.10. The fraction of sp³-hybridized carbons (Fsp3) is 0.333. The molecule has 0 fully saturated rings. The topological polar surface area (TPSA) is 55.4 Å². The first-order chi connectivity index (χ1) is 8.11. The monoisotopic (exact) mass is 239 g/mol. The summed E-state index contributed by atoms with van der Waals surface area (Å²) in [5.74, 6) is -0.624. The minimum atomic E-state index is -0.430. The Balaban J connectivity index is 2.30. The normalized spacial score (nSPS) is 9.76. The van der Waals surface area contributed by atoms with Crippen molar-refractivity contribution in [2.24, 2.45) is 0 Å². The number of hydrogen-bond acceptors (Lipinski definition) is 3. The molecule has 0 aliphatic carbocycles. The number of carbonyl (C=O) groups is 2. The van der Waals surface area contributed by atoms with Crippen LogP contribution in [-0.4, -0.2) is 18.9 Å². The Bertz CT molecular complexity index is 389. The van der Waals surface area contributed by atoms with Crippen molar-refractivity contribution in [1.82, 2.24) is 5.32 Å². The molecule has 0 radical (unpaired) electrons. The van der Waals surface area contributed by atoms with Crippen LogP contribution in [0.15, 0.2) is 24.3 Å². The molecule has 0 bridgehead atoms. The number of hydrogen-bond donors (Lipinski definition) is 1. The zero-order valence-electron chi connectivity index (χ0n) is 9.53. The van der Waals surface area contributed by atoms with Crippen LogP contribution in [0.25, 0.3) is 0 Å². The van der Waals surface area contributed by atoms with Gasteiger partial charge in [0.1, 0.15) is 11.6 Å². The molecule has 0 atom stereocenters. The third-order valence-electron chi connectivity index (χ3n) is 2.11. The molecule has 1 aromatic carbocycles. The summed E-state index contributed by atoms with van der Waals surface area (Å²) in [7, 11) is 1.54. The number of rotatable bonds is 5. The van der Waals surface area contributed by atoms with Crippen molar-refractivity contribution < 1.29 is 18.7 Å². The molecule has 1 amide bonds. The molecule has 0 aliphatic rings. The molecule has 92 valence electrons. The fourth-order valence-corrected chi connectivity index (χ4v) is 1.20. The summed E-state index contributed by atoms with van der Waals surface area (Å²) < 4.78 is 17.5. The van der Waals surface area contributed by atoms with Crippen molar-refractivity contribution in [3.8, 4) is 5.75 Å². The molecule has 0 unspecified atom stereocenters. The van der Waals surface area contributed by atoms with Crippen molar-refractivity contribution in [2.75, 3.05) is 7.05 Å². The summed E-state index contributed by atoms with van der Waals surface area (Å²) >= 11 is 0. The Morgan fingerprint density at radius 3 is 2.47 bits per heavy atom. The second kappa shape index (κ2) is 6.62. The van der Waals surface area contributed by atoms with Gasteiger partial charge in [0.2, 0.25) is 5.91 Å². The predicted molar refractivity (Wildman–Crippen MR) is 60.0 cm³/mol. The van der Waals surface area contributed by atoms with Gasteiger partial charge in [0.25, 0.3) is 0 Å². The lowest BCUT2D eigenvalue weighted by molar-refractivity contribution is -0.134. The molecule has 0 saturated heterocycles. The molecule has 17 heavy (non-hydrogen) atoms. The van der Waals surface area contributed by atoms with Crippen LogP contribution in [0, 0.1) is 5.82 Å². The van der Waals surface area contributed by atoms with Crippen LogP contribution in [0.3, 0.4) is 0 Å². The summed E-state index contributed by atoms with van der Waals surface area (Å²) in [6, 6.07) is 5.19. The zero-order chi connectivity index (χ0) is 12.7. The van der Waals surface area contributed by atoms with Crippen LogP contribution < -0.4 is 10.1 Å². The van der Waals surface area contributed by atoms with Crippen LogP contribution in [0.4, 0.5) is 4.39 Å². The van der Waals surface area contributed by atoms with E-state index in [2.05, 4.69) is 5.32 Å². The first-order valence-electron chi connectivity index (χ1n) is 5.28. The quantitative estimate of drug-likeness (QED) is 0.628. The number of halogens is 1. The van der Waals surface area contributed by atoms with Crippen molar-refractivity contribution in [2.45, 2.75) is 19.3 Å². The second-order valence-electron chi connectivity index (χ2n) is 3.45. The van der Waals surface area contributed by atoms with Gasteiger partial charge in [-0.25, -0.2) is 4.39 Å². The van der Waals surface area contributed by atoms with E-state index in [0.717, 1.165) is 0 Å². The first-order valence-corrected chi connectivity index (χ1v) is 5.28. The van der Waals surface area contributed by atoms with Crippen molar-refractivity contribution in [3.63, 3.8) is 0 Å². The first kappa shape index (κ1) is 13.2. The Morgan fingerprint density at radius 1 is 1.24 bits per heavy atom. The van der Waals surface area contributed by atoms with Crippen molar-refractivity contribution >= 4 is 11.9 Å². The summed E-state index contributed by atoms with van der Waals surface area (Å²) in [5, 5.41) is 2.46. The highest BCUT2D eigenvalue weighted by Crippen LogP contribution is 2.12. The lowest BCUT2D eigenvalue weighted by atomic mass is 10.2. The molecule has 1 aromatic rings. The molecule has 0 saturated carbocycles. The smallest absolute Gasteiger partial charge is 0.311 e. The lowest BCUT2D eigenvalue weighted by Gasteiger charge is -2.03. The van der Waals surface area contributed by atoms with Gasteiger partial charge in [-0.05, 0) is 30.7 Å². The van der Waals surface area contributed by atoms with Crippen LogP contribution in [0.1, 0.15) is 19.3 Å². The molecular weight excluding hydrogens is 225 g/mol. The number of carbonyl (C=O) groups excluding carboxylic acids is 2. The van der Waals surface area contributed by atoms with Gasteiger partial charge in [0.05, 0.1) is 0 Å². The maximum absolute atomic E-state index is 12.6. The predicted octanol–water partition coefficient (Wildman–Crippen LogP) is 1.65. The van der Waals surface area contributed by atoms with E-state index < -0.39 is 5.97 Å². The number of nitrogens with one attached hydrogen (secondary N) is 1. The highest BCUT2D eigenvalue weighted by atomic mass is 19.1. The zero-order valence-corrected chi connectivity index (χ0v) is 9.53. The average molecular weight is 239 g/mol. The molecule has 0 spiro atoms. The maximum Gasteiger partial charge on any atom is 0.311 e. The average Bonchev–Trinajstić information content (AvgIpc) is 2.32. The maximum atomic E-state index is 12.6. The van der Waals surface area contributed by atoms with E-state index in [1.807, 2.05) is 0 Å². The molecule has 1 N–H and O–H groups in total. The van der Waals surface area contributed by atoms with E-state index in [9.17, 15) is 14.0 Å². The summed E-state index contributed by atoms with van der Waals surface area (Å²) in [6.45, 7) is 0. The third-order valence-corrected chi connectivity index (χ3v) is 2.11. The molecule has 0 aromatic heterocycles. The van der Waals surface area contributed by atoms with E-state index in [0.29, 0.717) is 12.2 Å². The van der Waals surface area contributed by atoms with Gasteiger partial charge >= 0.3 is 5.97 Å². The summed E-state index contributed by atoms with van der Waals surface area (Å²) in [6.07, 6.45) is 0.875. The summed E-state index contributed by atoms with van der Waals surface area (Å²) in [5.41, 5.74) is 0. The van der Waals surface area contributed by atoms with Crippen LogP contribution >= 0.6 is 0 Å². The molecule has 4 nitrogen and oxygen atoms in total. The number of esters is 1. The largest absolute Gasteiger partial charge is 0.427 e. The van der Waals surface area contributed by atoms with Gasteiger partial charge in [0.15, 0.2) is 0 Å². The molecule has 0 aliphatic heterocycles. The highest BCUT2D eigenvalue weighted by Gasteiger charge is 2.06. The highest BCUT2D eigenvalue weighted by molar-refractivity contribution is 5.77. The van der Waals surface area contributed by atoms with Gasteiger partial charge < -0.3 is 10.1 Å². The Morgan fingerprint density at radius 2 is 1.88 bits per heavy atom. The molecule has 0 heterocycles. The van der Waals surface area contributed by atoms with E-state index in [1.54, 1.807) is 7.05 Å². The number of benzene rings is 1. The van der Waals surface area contributed by atoms with Crippen LogP contribution in [0.2, 0.25) is 0 Å². The van der Waals surface area contributed by atoms with Crippen LogP contribution in [0.5, 0.6) is 5.75 Å². The van der Waals surface area contributed by atoms with Crippen molar-refractivity contribution in [1.29, 1.82) is 0 Å². The van der Waals surface area contributed by atoms with Gasteiger partial charge in [-0.3, -0.25) is 9.59 Å². The van der Waals surface area contributed by atoms with Gasteiger partial charge in [-0.15, -0.1) is 0 Å². The summed E-state index contributed by atoms with van der Waals surface area (Å²) in [4.78, 5) is 22.2. The lowest BCUT2D eigenvalue weighted by Crippen LogP contribution is -2.18. The standard InChI is InChI=1S/C12H14FNO3/c1-14-11(15)3-2-4-12(16)17-10-7-5-9(13)6-8-10/h5-8H,2-4H2,1H3,(H,14,15). The molecule has 5 heteroatoms. The Hall–Kier alpha value is -1.91. The molecule has 1 rings (SSSR count). The van der Waals surface area contributed by atoms with Gasteiger partial charge in [-0.1, -0.05) is 0 Å². The van der Waals surface area contributed by atoms with E-state index in [4.69, 9.17) is 4.74 Å². The molecular formula is C12H14FNO3. The van der Waals surface area contributed by atoms with E-state index >= 15 is 0 Å². The van der Waals surface area contributed by atoms with Gasteiger partial charge in [-0.2, -0.15) is 0 Å². The van der Waals surface area contributed by atoms with E-state index in [1.165, 1.54) is 24.3 Å². The number of ether oxygens (including phenoxy) is 1. The minimum Gasteiger partial charge on any atom is -0.427 e. The van der Waals surface area contributed by atoms with Crippen molar-refractivity contribution in [3.05, 3.63) is 30.1 Å². The Kier molecular flexibility index (Phi) is 5.13. The minimum absolute atomic E-state index is 0.111. The second-order valence-corrected chi connectivity index (χ2v) is 3.45. The number of amides is 1. The van der Waals surface area contributed by atoms with Gasteiger partial charge in [0, 0.05) is 19.9 Å². The fourth-order valence-electron chi connectivity index (χ4n) is 1.20. The Labute approximate surface area is 98.8 Å². The van der Waals surface area contributed by atoms with E-state index in [-0.39, 0.29) is 24.6 Å². The SMILES string of the molecule is CNC(=O)CCCC(=O)Oc1ccc(F)cc1.